The third kappa shape index (κ3) is 4.58. The minimum Gasteiger partial charge on any atom is -0.394 e. The first-order valence-electron chi connectivity index (χ1n) is 7.37. The number of nitrogens with one attached hydrogen (secondary N) is 2. The predicted molar refractivity (Wildman–Crippen MR) is 86.4 cm³/mol. The molecule has 0 aliphatic rings. The summed E-state index contributed by atoms with van der Waals surface area (Å²) in [6, 6.07) is 6.00. The van der Waals surface area contributed by atoms with E-state index in [0.29, 0.717) is 5.69 Å². The third-order valence-corrected chi connectivity index (χ3v) is 3.32. The molecule has 0 amide bonds. The molecule has 8 heteroatoms. The van der Waals surface area contributed by atoms with E-state index in [0.717, 1.165) is 17.2 Å². The lowest BCUT2D eigenvalue weighted by molar-refractivity contribution is -0.141. The van der Waals surface area contributed by atoms with Gasteiger partial charge in [0.25, 0.3) is 0 Å². The molecule has 0 saturated heterocycles. The highest BCUT2D eigenvalue weighted by Crippen LogP contribution is 2.31. The van der Waals surface area contributed by atoms with Gasteiger partial charge in [-0.05, 0) is 38.0 Å². The molecule has 0 spiro atoms. The number of rotatable bonds is 5. The van der Waals surface area contributed by atoms with Crippen LogP contribution in [0.25, 0.3) is 0 Å². The quantitative estimate of drug-likeness (QED) is 0.775. The number of hydrogen-bond acceptors (Lipinski definition) is 5. The van der Waals surface area contributed by atoms with Gasteiger partial charge >= 0.3 is 6.18 Å². The number of aromatic nitrogens is 2. The Morgan fingerprint density at radius 1 is 1.17 bits per heavy atom. The van der Waals surface area contributed by atoms with Gasteiger partial charge in [-0.15, -0.1) is 0 Å². The first-order valence-corrected chi connectivity index (χ1v) is 7.37. The highest BCUT2D eigenvalue weighted by atomic mass is 19.4. The molecule has 0 fully saturated rings. The van der Waals surface area contributed by atoms with Crippen LogP contribution in [0, 0.1) is 13.8 Å². The molecule has 5 nitrogen and oxygen atoms in total. The molecule has 0 aliphatic carbocycles. The SMILES string of the molecule is Cc1ccc(C)c(Nc2cc(C(F)(F)F)nc(N[C@@H](C)CO)n2)c1. The lowest BCUT2D eigenvalue weighted by atomic mass is 10.1. The summed E-state index contributed by atoms with van der Waals surface area (Å²) in [4.78, 5) is 7.53. The van der Waals surface area contributed by atoms with Gasteiger partial charge < -0.3 is 15.7 Å². The van der Waals surface area contributed by atoms with Gasteiger partial charge in [0.05, 0.1) is 6.61 Å². The van der Waals surface area contributed by atoms with E-state index in [9.17, 15) is 13.2 Å². The molecule has 0 aliphatic heterocycles. The fourth-order valence-electron chi connectivity index (χ4n) is 2.00. The van der Waals surface area contributed by atoms with E-state index in [2.05, 4.69) is 20.6 Å². The summed E-state index contributed by atoms with van der Waals surface area (Å²) in [5.41, 5.74) is 1.47. The smallest absolute Gasteiger partial charge is 0.394 e. The number of aliphatic hydroxyl groups excluding tert-OH is 1. The summed E-state index contributed by atoms with van der Waals surface area (Å²) < 4.78 is 39.2. The van der Waals surface area contributed by atoms with Crippen molar-refractivity contribution in [3.63, 3.8) is 0 Å². The summed E-state index contributed by atoms with van der Waals surface area (Å²) in [6.07, 6.45) is -4.60. The molecule has 2 rings (SSSR count). The monoisotopic (exact) mass is 340 g/mol. The summed E-state index contributed by atoms with van der Waals surface area (Å²) >= 11 is 0. The summed E-state index contributed by atoms with van der Waals surface area (Å²) in [5.74, 6) is -0.169. The van der Waals surface area contributed by atoms with Crippen molar-refractivity contribution < 1.29 is 18.3 Å². The van der Waals surface area contributed by atoms with Crippen LogP contribution >= 0.6 is 0 Å². The van der Waals surface area contributed by atoms with E-state index >= 15 is 0 Å². The molecule has 0 radical (unpaired) electrons. The number of aliphatic hydroxyl groups is 1. The molecule has 3 N–H and O–H groups in total. The maximum Gasteiger partial charge on any atom is 0.433 e. The third-order valence-electron chi connectivity index (χ3n) is 3.32. The van der Waals surface area contributed by atoms with Crippen LogP contribution in [0.2, 0.25) is 0 Å². The van der Waals surface area contributed by atoms with Crippen molar-refractivity contribution >= 4 is 17.5 Å². The summed E-state index contributed by atoms with van der Waals surface area (Å²) in [5, 5.41) is 14.6. The minimum atomic E-state index is -4.60. The maximum atomic E-state index is 13.1. The van der Waals surface area contributed by atoms with Gasteiger partial charge in [0.1, 0.15) is 5.82 Å². The van der Waals surface area contributed by atoms with Gasteiger partial charge in [-0.3, -0.25) is 0 Å². The minimum absolute atomic E-state index is 0.0265. The Balaban J connectivity index is 2.40. The van der Waals surface area contributed by atoms with Crippen LogP contribution in [0.1, 0.15) is 23.7 Å². The van der Waals surface area contributed by atoms with Crippen LogP contribution in [-0.4, -0.2) is 27.7 Å². The zero-order chi connectivity index (χ0) is 17.9. The van der Waals surface area contributed by atoms with Crippen LogP contribution < -0.4 is 10.6 Å². The molecule has 1 aromatic heterocycles. The standard InChI is InChI=1S/C16H19F3N4O/c1-9-4-5-10(2)12(6-9)21-14-7-13(16(17,18)19)22-15(23-14)20-11(3)8-24/h4-7,11,24H,8H2,1-3H3,(H2,20,21,22,23)/t11-/m0/s1. The summed E-state index contributed by atoms with van der Waals surface area (Å²) in [7, 11) is 0. The second-order valence-electron chi connectivity index (χ2n) is 5.63. The number of alkyl halides is 3. The number of aryl methyl sites for hydroxylation is 2. The first kappa shape index (κ1) is 18.0. The van der Waals surface area contributed by atoms with Gasteiger partial charge in [0, 0.05) is 17.8 Å². The Bertz CT molecular complexity index is 719. The molecular formula is C16H19F3N4O. The topological polar surface area (TPSA) is 70.1 Å². The Kier molecular flexibility index (Phi) is 5.28. The Hall–Kier alpha value is -2.35. The molecule has 130 valence electrons. The predicted octanol–water partition coefficient (Wildman–Crippen LogP) is 3.65. The van der Waals surface area contributed by atoms with Gasteiger partial charge in [-0.2, -0.15) is 18.2 Å². The number of benzene rings is 1. The van der Waals surface area contributed by atoms with Crippen molar-refractivity contribution in [3.8, 4) is 0 Å². The van der Waals surface area contributed by atoms with E-state index in [1.54, 1.807) is 6.92 Å². The van der Waals surface area contributed by atoms with Crippen LogP contribution in [0.4, 0.5) is 30.6 Å². The van der Waals surface area contributed by atoms with Gasteiger partial charge in [0.15, 0.2) is 5.69 Å². The Labute approximate surface area is 138 Å². The van der Waals surface area contributed by atoms with Crippen LogP contribution in [0.3, 0.4) is 0 Å². The Morgan fingerprint density at radius 3 is 2.50 bits per heavy atom. The second kappa shape index (κ2) is 7.04. The molecule has 24 heavy (non-hydrogen) atoms. The first-order chi connectivity index (χ1) is 11.2. The largest absolute Gasteiger partial charge is 0.433 e. The number of anilines is 3. The average molecular weight is 340 g/mol. The summed E-state index contributed by atoms with van der Waals surface area (Å²) in [6.45, 7) is 5.10. The van der Waals surface area contributed by atoms with Gasteiger partial charge in [0.2, 0.25) is 5.95 Å². The second-order valence-corrected chi connectivity index (χ2v) is 5.63. The highest BCUT2D eigenvalue weighted by Gasteiger charge is 2.34. The van der Waals surface area contributed by atoms with Crippen molar-refractivity contribution in [1.29, 1.82) is 0 Å². The van der Waals surface area contributed by atoms with Crippen molar-refractivity contribution in [2.75, 3.05) is 17.2 Å². The average Bonchev–Trinajstić information content (AvgIpc) is 2.49. The molecule has 1 aromatic carbocycles. The fourth-order valence-corrected chi connectivity index (χ4v) is 2.00. The molecule has 0 bridgehead atoms. The van der Waals surface area contributed by atoms with Crippen LogP contribution in [0.15, 0.2) is 24.3 Å². The molecule has 1 heterocycles. The lowest BCUT2D eigenvalue weighted by Crippen LogP contribution is -2.22. The van der Waals surface area contributed by atoms with Crippen molar-refractivity contribution in [1.82, 2.24) is 9.97 Å². The maximum absolute atomic E-state index is 13.1. The normalized spacial score (nSPS) is 12.8. The van der Waals surface area contributed by atoms with E-state index in [4.69, 9.17) is 5.11 Å². The number of hydrogen-bond donors (Lipinski definition) is 3. The van der Waals surface area contributed by atoms with E-state index in [1.165, 1.54) is 0 Å². The zero-order valence-corrected chi connectivity index (χ0v) is 13.6. The molecule has 0 unspecified atom stereocenters. The highest BCUT2D eigenvalue weighted by molar-refractivity contribution is 5.62. The van der Waals surface area contributed by atoms with E-state index < -0.39 is 17.9 Å². The van der Waals surface area contributed by atoms with Gasteiger partial charge in [-0.25, -0.2) is 4.98 Å². The van der Waals surface area contributed by atoms with Crippen molar-refractivity contribution in [2.24, 2.45) is 0 Å². The van der Waals surface area contributed by atoms with E-state index in [-0.39, 0.29) is 18.4 Å². The van der Waals surface area contributed by atoms with Crippen molar-refractivity contribution in [3.05, 3.63) is 41.1 Å². The van der Waals surface area contributed by atoms with Crippen molar-refractivity contribution in [2.45, 2.75) is 33.0 Å². The van der Waals surface area contributed by atoms with Crippen LogP contribution in [0.5, 0.6) is 0 Å². The molecule has 1 atom stereocenters. The number of nitrogens with zero attached hydrogens (tertiary/aromatic N) is 2. The Morgan fingerprint density at radius 2 is 1.88 bits per heavy atom. The van der Waals surface area contributed by atoms with Gasteiger partial charge in [-0.1, -0.05) is 12.1 Å². The molecular weight excluding hydrogens is 321 g/mol. The lowest BCUT2D eigenvalue weighted by Gasteiger charge is -2.16. The number of halogens is 3. The van der Waals surface area contributed by atoms with Crippen LogP contribution in [-0.2, 0) is 6.18 Å². The fraction of sp³-hybridized carbons (Fsp3) is 0.375. The molecule has 0 saturated carbocycles. The zero-order valence-electron chi connectivity index (χ0n) is 13.6. The van der Waals surface area contributed by atoms with E-state index in [1.807, 2.05) is 32.0 Å². The molecule has 2 aromatic rings.